The molecule has 0 aliphatic carbocycles. The minimum atomic E-state index is -0.665. The average Bonchev–Trinajstić information content (AvgIpc) is 2.66. The van der Waals surface area contributed by atoms with Gasteiger partial charge in [0, 0.05) is 12.8 Å². The Morgan fingerprint density at radius 3 is 3.07 bits per heavy atom. The zero-order valence-electron chi connectivity index (χ0n) is 9.03. The monoisotopic (exact) mass is 244 g/mol. The van der Waals surface area contributed by atoms with Crippen molar-refractivity contribution in [3.8, 4) is 0 Å². The van der Waals surface area contributed by atoms with E-state index in [0.29, 0.717) is 19.4 Å². The van der Waals surface area contributed by atoms with Crippen LogP contribution in [0.5, 0.6) is 0 Å². The van der Waals surface area contributed by atoms with Crippen LogP contribution in [-0.4, -0.2) is 24.1 Å². The van der Waals surface area contributed by atoms with E-state index in [9.17, 15) is 5.11 Å². The molecule has 2 heterocycles. The first-order valence-corrected chi connectivity index (χ1v) is 7.21. The molecule has 1 N–H and O–H groups in total. The molecule has 4 heteroatoms. The second kappa shape index (κ2) is 4.45. The summed E-state index contributed by atoms with van der Waals surface area (Å²) in [6, 6.07) is 2.10. The van der Waals surface area contributed by atoms with Gasteiger partial charge in [-0.2, -0.15) is 0 Å². The zero-order valence-corrected chi connectivity index (χ0v) is 10.7. The topological polar surface area (TPSA) is 29.5 Å². The van der Waals surface area contributed by atoms with Crippen LogP contribution in [0.15, 0.2) is 15.7 Å². The summed E-state index contributed by atoms with van der Waals surface area (Å²) in [4.78, 5) is 0. The molecule has 2 atom stereocenters. The predicted octanol–water partition coefficient (Wildman–Crippen LogP) is 2.86. The minimum absolute atomic E-state index is 0.154. The van der Waals surface area contributed by atoms with Crippen LogP contribution in [0.25, 0.3) is 0 Å². The fourth-order valence-corrected chi connectivity index (χ4v) is 3.49. The Bertz CT molecular complexity index is 337. The van der Waals surface area contributed by atoms with Crippen LogP contribution in [0.1, 0.15) is 25.3 Å². The van der Waals surface area contributed by atoms with Gasteiger partial charge in [0.05, 0.1) is 22.5 Å². The van der Waals surface area contributed by atoms with Crippen molar-refractivity contribution >= 4 is 23.1 Å². The number of ether oxygens (including phenoxy) is 1. The Labute approximate surface area is 98.7 Å². The quantitative estimate of drug-likeness (QED) is 0.811. The van der Waals surface area contributed by atoms with Gasteiger partial charge in [-0.1, -0.05) is 0 Å². The highest BCUT2D eigenvalue weighted by Crippen LogP contribution is 2.38. The summed E-state index contributed by atoms with van der Waals surface area (Å²) in [5.74, 6) is 0. The van der Waals surface area contributed by atoms with Crippen molar-refractivity contribution in [2.24, 2.45) is 0 Å². The van der Waals surface area contributed by atoms with Gasteiger partial charge in [-0.3, -0.25) is 0 Å². The van der Waals surface area contributed by atoms with E-state index >= 15 is 0 Å². The second-order valence-electron chi connectivity index (χ2n) is 4.03. The van der Waals surface area contributed by atoms with E-state index in [2.05, 4.69) is 17.7 Å². The van der Waals surface area contributed by atoms with Gasteiger partial charge in [-0.25, -0.2) is 0 Å². The lowest BCUT2D eigenvalue weighted by Crippen LogP contribution is -2.37. The van der Waals surface area contributed by atoms with E-state index in [1.165, 1.54) is 4.21 Å². The lowest BCUT2D eigenvalue weighted by atomic mass is 9.86. The molecule has 84 valence electrons. The van der Waals surface area contributed by atoms with Crippen molar-refractivity contribution in [1.82, 2.24) is 0 Å². The smallest absolute Gasteiger partial charge is 0.0951 e. The standard InChI is InChI=1S/C11H16O2S2/c1-8-6-11(12,3-4-13-8)9-5-10(14-2)15-7-9/h5,7-8,12H,3-4,6H2,1-2H3. The first-order valence-electron chi connectivity index (χ1n) is 5.11. The average molecular weight is 244 g/mol. The Balaban J connectivity index is 2.20. The van der Waals surface area contributed by atoms with Crippen molar-refractivity contribution in [2.45, 2.75) is 35.7 Å². The van der Waals surface area contributed by atoms with E-state index in [4.69, 9.17) is 4.74 Å². The molecule has 0 bridgehead atoms. The molecule has 0 aromatic carbocycles. The van der Waals surface area contributed by atoms with Crippen LogP contribution in [-0.2, 0) is 10.3 Å². The Kier molecular flexibility index (Phi) is 3.40. The highest BCUT2D eigenvalue weighted by molar-refractivity contribution is 8.00. The highest BCUT2D eigenvalue weighted by atomic mass is 32.2. The maximum Gasteiger partial charge on any atom is 0.0951 e. The number of hydrogen-bond donors (Lipinski definition) is 1. The van der Waals surface area contributed by atoms with Gasteiger partial charge >= 0.3 is 0 Å². The lowest BCUT2D eigenvalue weighted by molar-refractivity contribution is -0.101. The van der Waals surface area contributed by atoms with Crippen molar-refractivity contribution in [3.05, 3.63) is 17.0 Å². The van der Waals surface area contributed by atoms with Crippen molar-refractivity contribution in [2.75, 3.05) is 12.9 Å². The van der Waals surface area contributed by atoms with Crippen molar-refractivity contribution < 1.29 is 9.84 Å². The van der Waals surface area contributed by atoms with E-state index < -0.39 is 5.60 Å². The molecule has 1 aliphatic rings. The Morgan fingerprint density at radius 2 is 2.47 bits per heavy atom. The van der Waals surface area contributed by atoms with E-state index in [0.717, 1.165) is 5.56 Å². The van der Waals surface area contributed by atoms with E-state index in [1.54, 1.807) is 23.1 Å². The molecule has 1 fully saturated rings. The van der Waals surface area contributed by atoms with Gasteiger partial charge in [0.1, 0.15) is 0 Å². The zero-order chi connectivity index (χ0) is 10.9. The SMILES string of the molecule is CSc1cc(C2(O)CCOC(C)C2)cs1. The van der Waals surface area contributed by atoms with Crippen molar-refractivity contribution in [1.29, 1.82) is 0 Å². The molecule has 2 nitrogen and oxygen atoms in total. The summed E-state index contributed by atoms with van der Waals surface area (Å²) >= 11 is 3.43. The number of thiophene rings is 1. The molecule has 0 radical (unpaired) electrons. The van der Waals surface area contributed by atoms with Gasteiger partial charge in [-0.15, -0.1) is 23.1 Å². The summed E-state index contributed by atoms with van der Waals surface area (Å²) in [6.07, 6.45) is 3.63. The molecule has 0 amide bonds. The highest BCUT2D eigenvalue weighted by Gasteiger charge is 2.35. The third-order valence-electron chi connectivity index (χ3n) is 2.86. The number of aliphatic hydroxyl groups is 1. The van der Waals surface area contributed by atoms with E-state index in [1.807, 2.05) is 6.92 Å². The minimum Gasteiger partial charge on any atom is -0.385 e. The van der Waals surface area contributed by atoms with Crippen LogP contribution in [0, 0.1) is 0 Å². The lowest BCUT2D eigenvalue weighted by Gasteiger charge is -2.35. The first kappa shape index (κ1) is 11.5. The number of rotatable bonds is 2. The fourth-order valence-electron chi connectivity index (χ4n) is 2.00. The van der Waals surface area contributed by atoms with E-state index in [-0.39, 0.29) is 6.10 Å². The summed E-state index contributed by atoms with van der Waals surface area (Å²) in [7, 11) is 0. The van der Waals surface area contributed by atoms with Gasteiger partial charge in [0.25, 0.3) is 0 Å². The third-order valence-corrected chi connectivity index (χ3v) is 4.89. The molecule has 1 saturated heterocycles. The van der Waals surface area contributed by atoms with Gasteiger partial charge in [-0.05, 0) is 30.2 Å². The maximum atomic E-state index is 10.5. The summed E-state index contributed by atoms with van der Waals surface area (Å²) in [5, 5.41) is 12.6. The van der Waals surface area contributed by atoms with Crippen LogP contribution >= 0.6 is 23.1 Å². The largest absolute Gasteiger partial charge is 0.385 e. The molecule has 1 aliphatic heterocycles. The molecule has 2 rings (SSSR count). The van der Waals surface area contributed by atoms with Crippen molar-refractivity contribution in [3.63, 3.8) is 0 Å². The Hall–Kier alpha value is -0.0300. The van der Waals surface area contributed by atoms with Crippen LogP contribution < -0.4 is 0 Å². The van der Waals surface area contributed by atoms with Crippen LogP contribution in [0.2, 0.25) is 0 Å². The third kappa shape index (κ3) is 2.38. The van der Waals surface area contributed by atoms with Crippen LogP contribution in [0.4, 0.5) is 0 Å². The van der Waals surface area contributed by atoms with Gasteiger partial charge in [0.15, 0.2) is 0 Å². The molecule has 1 aromatic heterocycles. The molecular formula is C11H16O2S2. The van der Waals surface area contributed by atoms with Crippen LogP contribution in [0.3, 0.4) is 0 Å². The summed E-state index contributed by atoms with van der Waals surface area (Å²) < 4.78 is 6.73. The summed E-state index contributed by atoms with van der Waals surface area (Å²) in [5.41, 5.74) is 0.398. The normalized spacial score (nSPS) is 31.8. The molecule has 15 heavy (non-hydrogen) atoms. The molecular weight excluding hydrogens is 228 g/mol. The summed E-state index contributed by atoms with van der Waals surface area (Å²) in [6.45, 7) is 2.67. The molecule has 0 spiro atoms. The first-order chi connectivity index (χ1) is 7.14. The van der Waals surface area contributed by atoms with Gasteiger partial charge < -0.3 is 9.84 Å². The Morgan fingerprint density at radius 1 is 1.67 bits per heavy atom. The molecule has 0 saturated carbocycles. The second-order valence-corrected chi connectivity index (χ2v) is 6.04. The molecule has 2 unspecified atom stereocenters. The number of thioether (sulfide) groups is 1. The fraction of sp³-hybridized carbons (Fsp3) is 0.636. The number of hydrogen-bond acceptors (Lipinski definition) is 4. The predicted molar refractivity (Wildman–Crippen MR) is 64.6 cm³/mol. The van der Waals surface area contributed by atoms with Gasteiger partial charge in [0.2, 0.25) is 0 Å². The maximum absolute atomic E-state index is 10.5. The molecule has 1 aromatic rings.